The van der Waals surface area contributed by atoms with E-state index in [9.17, 15) is 4.39 Å². The van der Waals surface area contributed by atoms with Gasteiger partial charge in [0.1, 0.15) is 18.6 Å². The van der Waals surface area contributed by atoms with Crippen LogP contribution in [-0.2, 0) is 6.61 Å². The molecule has 0 unspecified atom stereocenters. The number of rotatable bonds is 4. The fourth-order valence-electron chi connectivity index (χ4n) is 1.86. The standard InChI is InChI=1S/C16H12FNO2/c17-14-3-1-2-4-16(14)19-11-12-5-7-13(8-6-12)15-9-10-20-18-15/h1-10H,11H2. The smallest absolute Gasteiger partial charge is 0.165 e. The van der Waals surface area contributed by atoms with Crippen LogP contribution < -0.4 is 4.74 Å². The molecule has 100 valence electrons. The van der Waals surface area contributed by atoms with E-state index in [1.54, 1.807) is 24.3 Å². The molecule has 1 heterocycles. The second-order valence-corrected chi connectivity index (χ2v) is 4.30. The van der Waals surface area contributed by atoms with Gasteiger partial charge in [0.25, 0.3) is 0 Å². The second kappa shape index (κ2) is 5.57. The number of hydrogen-bond acceptors (Lipinski definition) is 3. The van der Waals surface area contributed by atoms with Gasteiger partial charge in [-0.05, 0) is 17.7 Å². The van der Waals surface area contributed by atoms with Crippen LogP contribution in [0.1, 0.15) is 5.56 Å². The average molecular weight is 269 g/mol. The Morgan fingerprint density at radius 1 is 1.00 bits per heavy atom. The van der Waals surface area contributed by atoms with Crippen LogP contribution in [0, 0.1) is 5.82 Å². The molecule has 0 aliphatic rings. The second-order valence-electron chi connectivity index (χ2n) is 4.30. The van der Waals surface area contributed by atoms with Crippen LogP contribution in [0.3, 0.4) is 0 Å². The highest BCUT2D eigenvalue weighted by atomic mass is 19.1. The summed E-state index contributed by atoms with van der Waals surface area (Å²) in [7, 11) is 0. The van der Waals surface area contributed by atoms with Crippen LogP contribution in [-0.4, -0.2) is 5.16 Å². The molecule has 0 saturated carbocycles. The maximum Gasteiger partial charge on any atom is 0.165 e. The predicted molar refractivity (Wildman–Crippen MR) is 72.7 cm³/mol. The topological polar surface area (TPSA) is 35.3 Å². The number of hydrogen-bond donors (Lipinski definition) is 0. The molecule has 0 radical (unpaired) electrons. The number of nitrogens with zero attached hydrogens (tertiary/aromatic N) is 1. The Balaban J connectivity index is 1.68. The van der Waals surface area contributed by atoms with E-state index in [1.807, 2.05) is 24.3 Å². The minimum atomic E-state index is -0.355. The van der Waals surface area contributed by atoms with Gasteiger partial charge >= 0.3 is 0 Å². The first-order valence-corrected chi connectivity index (χ1v) is 6.20. The van der Waals surface area contributed by atoms with E-state index in [1.165, 1.54) is 12.3 Å². The molecule has 0 spiro atoms. The fourth-order valence-corrected chi connectivity index (χ4v) is 1.86. The summed E-state index contributed by atoms with van der Waals surface area (Å²) >= 11 is 0. The number of para-hydroxylation sites is 1. The third-order valence-corrected chi connectivity index (χ3v) is 2.92. The molecule has 1 aromatic heterocycles. The Kier molecular flexibility index (Phi) is 3.46. The SMILES string of the molecule is Fc1ccccc1OCc1ccc(-c2ccon2)cc1. The Labute approximate surface area is 115 Å². The molecule has 3 aromatic rings. The fraction of sp³-hybridized carbons (Fsp3) is 0.0625. The molecule has 0 saturated heterocycles. The third kappa shape index (κ3) is 2.69. The number of ether oxygens (including phenoxy) is 1. The molecule has 2 aromatic carbocycles. The maximum absolute atomic E-state index is 13.4. The monoisotopic (exact) mass is 269 g/mol. The van der Waals surface area contributed by atoms with Gasteiger partial charge in [0.05, 0.1) is 0 Å². The van der Waals surface area contributed by atoms with Crippen LogP contribution in [0.15, 0.2) is 65.4 Å². The highest BCUT2D eigenvalue weighted by molar-refractivity contribution is 5.58. The van der Waals surface area contributed by atoms with Crippen molar-refractivity contribution in [1.82, 2.24) is 5.16 Å². The Morgan fingerprint density at radius 3 is 2.50 bits per heavy atom. The lowest BCUT2D eigenvalue weighted by atomic mass is 10.1. The minimum Gasteiger partial charge on any atom is -0.486 e. The van der Waals surface area contributed by atoms with Gasteiger partial charge in [0.15, 0.2) is 11.6 Å². The van der Waals surface area contributed by atoms with E-state index in [0.717, 1.165) is 16.8 Å². The van der Waals surface area contributed by atoms with Gasteiger partial charge in [-0.15, -0.1) is 0 Å². The minimum absolute atomic E-state index is 0.257. The van der Waals surface area contributed by atoms with Crippen molar-refractivity contribution in [2.75, 3.05) is 0 Å². The zero-order chi connectivity index (χ0) is 13.8. The van der Waals surface area contributed by atoms with E-state index in [4.69, 9.17) is 9.26 Å². The molecule has 0 atom stereocenters. The van der Waals surface area contributed by atoms with Crippen molar-refractivity contribution in [2.45, 2.75) is 6.61 Å². The van der Waals surface area contributed by atoms with E-state index in [0.29, 0.717) is 6.61 Å². The van der Waals surface area contributed by atoms with Gasteiger partial charge in [-0.3, -0.25) is 0 Å². The lowest BCUT2D eigenvalue weighted by Crippen LogP contribution is -1.97. The zero-order valence-corrected chi connectivity index (χ0v) is 10.6. The van der Waals surface area contributed by atoms with Gasteiger partial charge in [-0.2, -0.15) is 0 Å². The summed E-state index contributed by atoms with van der Waals surface area (Å²) in [6.45, 7) is 0.319. The highest BCUT2D eigenvalue weighted by Gasteiger charge is 2.03. The first kappa shape index (κ1) is 12.4. The molecule has 0 N–H and O–H groups in total. The van der Waals surface area contributed by atoms with Crippen LogP contribution in [0.4, 0.5) is 4.39 Å². The summed E-state index contributed by atoms with van der Waals surface area (Å²) in [4.78, 5) is 0. The lowest BCUT2D eigenvalue weighted by molar-refractivity contribution is 0.290. The molecule has 3 nitrogen and oxygen atoms in total. The first-order valence-electron chi connectivity index (χ1n) is 6.20. The molecule has 0 fully saturated rings. The number of benzene rings is 2. The van der Waals surface area contributed by atoms with Gasteiger partial charge in [0.2, 0.25) is 0 Å². The van der Waals surface area contributed by atoms with Crippen molar-refractivity contribution in [3.8, 4) is 17.0 Å². The number of aromatic nitrogens is 1. The van der Waals surface area contributed by atoms with Gasteiger partial charge < -0.3 is 9.26 Å². The van der Waals surface area contributed by atoms with E-state index >= 15 is 0 Å². The van der Waals surface area contributed by atoms with Crippen molar-refractivity contribution in [3.63, 3.8) is 0 Å². The van der Waals surface area contributed by atoms with E-state index < -0.39 is 0 Å². The van der Waals surface area contributed by atoms with Crippen molar-refractivity contribution < 1.29 is 13.7 Å². The predicted octanol–water partition coefficient (Wildman–Crippen LogP) is 4.06. The van der Waals surface area contributed by atoms with E-state index in [2.05, 4.69) is 5.16 Å². The highest BCUT2D eigenvalue weighted by Crippen LogP contribution is 2.20. The summed E-state index contributed by atoms with van der Waals surface area (Å²) in [6.07, 6.45) is 1.53. The molecular formula is C16H12FNO2. The van der Waals surface area contributed by atoms with Crippen molar-refractivity contribution in [3.05, 3.63) is 72.2 Å². The summed E-state index contributed by atoms with van der Waals surface area (Å²) in [5.41, 5.74) is 2.71. The quantitative estimate of drug-likeness (QED) is 0.716. The Hall–Kier alpha value is -2.62. The third-order valence-electron chi connectivity index (χ3n) is 2.92. The van der Waals surface area contributed by atoms with Crippen molar-refractivity contribution in [2.24, 2.45) is 0 Å². The molecule has 3 rings (SSSR count). The first-order chi connectivity index (χ1) is 9.83. The largest absolute Gasteiger partial charge is 0.486 e. The zero-order valence-electron chi connectivity index (χ0n) is 10.6. The number of halogens is 1. The summed E-state index contributed by atoms with van der Waals surface area (Å²) in [5.74, 6) is -0.0974. The summed E-state index contributed by atoms with van der Waals surface area (Å²) in [6, 6.07) is 15.9. The van der Waals surface area contributed by atoms with Crippen LogP contribution in [0.5, 0.6) is 5.75 Å². The van der Waals surface area contributed by atoms with Crippen LogP contribution in [0.25, 0.3) is 11.3 Å². The van der Waals surface area contributed by atoms with Crippen LogP contribution >= 0.6 is 0 Å². The van der Waals surface area contributed by atoms with Crippen molar-refractivity contribution >= 4 is 0 Å². The van der Waals surface area contributed by atoms with Gasteiger partial charge in [-0.25, -0.2) is 4.39 Å². The lowest BCUT2D eigenvalue weighted by Gasteiger charge is -2.07. The van der Waals surface area contributed by atoms with E-state index in [-0.39, 0.29) is 11.6 Å². The molecule has 0 aliphatic carbocycles. The van der Waals surface area contributed by atoms with Crippen LogP contribution in [0.2, 0.25) is 0 Å². The normalized spacial score (nSPS) is 10.4. The van der Waals surface area contributed by atoms with Gasteiger partial charge in [-0.1, -0.05) is 41.6 Å². The molecule has 0 bridgehead atoms. The average Bonchev–Trinajstić information content (AvgIpc) is 3.01. The maximum atomic E-state index is 13.4. The van der Waals surface area contributed by atoms with Gasteiger partial charge in [0, 0.05) is 11.6 Å². The molecular weight excluding hydrogens is 257 g/mol. The Bertz CT molecular complexity index is 678. The molecule has 4 heteroatoms. The summed E-state index contributed by atoms with van der Waals surface area (Å²) in [5, 5.41) is 3.87. The molecule has 0 amide bonds. The van der Waals surface area contributed by atoms with Crippen molar-refractivity contribution in [1.29, 1.82) is 0 Å². The molecule has 20 heavy (non-hydrogen) atoms. The molecule has 0 aliphatic heterocycles. The summed E-state index contributed by atoms with van der Waals surface area (Å²) < 4.78 is 23.6. The Morgan fingerprint density at radius 2 is 1.80 bits per heavy atom.